The molecule has 0 radical (unpaired) electrons. The van der Waals surface area contributed by atoms with Crippen molar-refractivity contribution in [2.75, 3.05) is 0 Å². The van der Waals surface area contributed by atoms with E-state index in [1.54, 1.807) is 0 Å². The van der Waals surface area contributed by atoms with Crippen molar-refractivity contribution in [3.8, 4) is 0 Å². The quantitative estimate of drug-likeness (QED) is 0.750. The Bertz CT molecular complexity index is 314. The van der Waals surface area contributed by atoms with Crippen LogP contribution in [-0.2, 0) is 0 Å². The molecule has 0 bridgehead atoms. The van der Waals surface area contributed by atoms with Gasteiger partial charge in [0.25, 0.3) is 0 Å². The fraction of sp³-hybridized carbons (Fsp3) is 0.500. The van der Waals surface area contributed by atoms with Gasteiger partial charge in [-0.05, 0) is 31.7 Å². The predicted octanol–water partition coefficient (Wildman–Crippen LogP) is 1.91. The second-order valence-corrected chi connectivity index (χ2v) is 4.35. The molecule has 76 valence electrons. The normalized spacial score (nSPS) is 21.4. The first-order valence-corrected chi connectivity index (χ1v) is 5.16. The Kier molecular flexibility index (Phi) is 2.33. The zero-order chi connectivity index (χ0) is 10.2. The highest BCUT2D eigenvalue weighted by Gasteiger charge is 2.40. The van der Waals surface area contributed by atoms with Crippen LogP contribution in [0.1, 0.15) is 36.4 Å². The number of hydrogen-bond donors (Lipinski definition) is 2. The van der Waals surface area contributed by atoms with Gasteiger partial charge < -0.3 is 10.8 Å². The first kappa shape index (κ1) is 9.69. The highest BCUT2D eigenvalue weighted by Crippen LogP contribution is 2.40. The van der Waals surface area contributed by atoms with Gasteiger partial charge >= 0.3 is 0 Å². The number of aryl methyl sites for hydroxylation is 1. The van der Waals surface area contributed by atoms with Crippen molar-refractivity contribution in [2.24, 2.45) is 5.73 Å². The molecule has 1 aromatic carbocycles. The van der Waals surface area contributed by atoms with Crippen molar-refractivity contribution >= 4 is 0 Å². The van der Waals surface area contributed by atoms with Gasteiger partial charge in [0.15, 0.2) is 0 Å². The maximum absolute atomic E-state index is 10.1. The van der Waals surface area contributed by atoms with Crippen molar-refractivity contribution < 1.29 is 5.11 Å². The molecule has 0 aliphatic heterocycles. The Labute approximate surface area is 84.7 Å². The van der Waals surface area contributed by atoms with Crippen molar-refractivity contribution in [2.45, 2.75) is 37.8 Å². The number of nitrogens with two attached hydrogens (primary N) is 1. The highest BCUT2D eigenvalue weighted by atomic mass is 16.3. The zero-order valence-electron chi connectivity index (χ0n) is 8.53. The summed E-state index contributed by atoms with van der Waals surface area (Å²) in [6.07, 6.45) is 2.76. The van der Waals surface area contributed by atoms with Crippen LogP contribution in [0.25, 0.3) is 0 Å². The third-order valence-corrected chi connectivity index (χ3v) is 3.23. The molecule has 2 rings (SSSR count). The van der Waals surface area contributed by atoms with E-state index in [4.69, 9.17) is 5.73 Å². The molecule has 0 spiro atoms. The van der Waals surface area contributed by atoms with Crippen LogP contribution < -0.4 is 5.73 Å². The molecule has 0 heterocycles. The fourth-order valence-corrected chi connectivity index (χ4v) is 1.93. The SMILES string of the molecule is Cc1ccc(C(N)C2(O)CCC2)cc1. The number of hydrogen-bond acceptors (Lipinski definition) is 2. The first-order valence-electron chi connectivity index (χ1n) is 5.16. The molecule has 1 atom stereocenters. The average Bonchev–Trinajstić information content (AvgIpc) is 2.14. The molecule has 2 heteroatoms. The Balaban J connectivity index is 2.18. The van der Waals surface area contributed by atoms with Crippen molar-refractivity contribution in [1.29, 1.82) is 0 Å². The molecular formula is C12H17NO. The first-order chi connectivity index (χ1) is 6.62. The van der Waals surface area contributed by atoms with Gasteiger partial charge in [-0.25, -0.2) is 0 Å². The molecule has 0 aromatic heterocycles. The Morgan fingerprint density at radius 2 is 1.86 bits per heavy atom. The third kappa shape index (κ3) is 1.56. The van der Waals surface area contributed by atoms with Gasteiger partial charge in [-0.2, -0.15) is 0 Å². The fourth-order valence-electron chi connectivity index (χ4n) is 1.93. The summed E-state index contributed by atoms with van der Waals surface area (Å²) in [6.45, 7) is 2.05. The van der Waals surface area contributed by atoms with E-state index in [1.807, 2.05) is 31.2 Å². The van der Waals surface area contributed by atoms with Crippen LogP contribution in [0.4, 0.5) is 0 Å². The lowest BCUT2D eigenvalue weighted by Crippen LogP contribution is -2.46. The van der Waals surface area contributed by atoms with Gasteiger partial charge in [0.2, 0.25) is 0 Å². The maximum atomic E-state index is 10.1. The van der Waals surface area contributed by atoms with Crippen LogP contribution >= 0.6 is 0 Å². The van der Waals surface area contributed by atoms with Gasteiger partial charge in [-0.1, -0.05) is 29.8 Å². The van der Waals surface area contributed by atoms with Gasteiger partial charge in [0, 0.05) is 0 Å². The lowest BCUT2D eigenvalue weighted by atomic mass is 9.73. The van der Waals surface area contributed by atoms with E-state index in [-0.39, 0.29) is 6.04 Å². The molecule has 1 aliphatic rings. The molecule has 1 unspecified atom stereocenters. The molecule has 1 saturated carbocycles. The van der Waals surface area contributed by atoms with E-state index in [0.717, 1.165) is 24.8 Å². The van der Waals surface area contributed by atoms with E-state index in [1.165, 1.54) is 5.56 Å². The van der Waals surface area contributed by atoms with E-state index in [2.05, 4.69) is 0 Å². The molecular weight excluding hydrogens is 174 g/mol. The van der Waals surface area contributed by atoms with Crippen LogP contribution in [0.15, 0.2) is 24.3 Å². The van der Waals surface area contributed by atoms with Crippen molar-refractivity contribution in [1.82, 2.24) is 0 Å². The molecule has 0 saturated heterocycles. The topological polar surface area (TPSA) is 46.2 Å². The number of rotatable bonds is 2. The van der Waals surface area contributed by atoms with Gasteiger partial charge in [-0.15, -0.1) is 0 Å². The summed E-state index contributed by atoms with van der Waals surface area (Å²) in [4.78, 5) is 0. The summed E-state index contributed by atoms with van der Waals surface area (Å²) in [6, 6.07) is 7.87. The Morgan fingerprint density at radius 1 is 1.29 bits per heavy atom. The number of aliphatic hydroxyl groups is 1. The molecule has 1 aliphatic carbocycles. The predicted molar refractivity (Wildman–Crippen MR) is 56.9 cm³/mol. The minimum atomic E-state index is -0.644. The monoisotopic (exact) mass is 191 g/mol. The Morgan fingerprint density at radius 3 is 2.29 bits per heavy atom. The third-order valence-electron chi connectivity index (χ3n) is 3.23. The second-order valence-electron chi connectivity index (χ2n) is 4.35. The van der Waals surface area contributed by atoms with Crippen molar-refractivity contribution in [3.63, 3.8) is 0 Å². The molecule has 3 N–H and O–H groups in total. The minimum absolute atomic E-state index is 0.225. The summed E-state index contributed by atoms with van der Waals surface area (Å²) in [5, 5.41) is 10.1. The summed E-state index contributed by atoms with van der Waals surface area (Å²) in [7, 11) is 0. The van der Waals surface area contributed by atoms with Crippen LogP contribution in [0.3, 0.4) is 0 Å². The summed E-state index contributed by atoms with van der Waals surface area (Å²) >= 11 is 0. The van der Waals surface area contributed by atoms with Crippen LogP contribution in [0, 0.1) is 6.92 Å². The maximum Gasteiger partial charge on any atom is 0.0839 e. The van der Waals surface area contributed by atoms with Gasteiger partial charge in [0.05, 0.1) is 11.6 Å². The number of benzene rings is 1. The molecule has 2 nitrogen and oxygen atoms in total. The average molecular weight is 191 g/mol. The van der Waals surface area contributed by atoms with Crippen LogP contribution in [-0.4, -0.2) is 10.7 Å². The summed E-state index contributed by atoms with van der Waals surface area (Å²) < 4.78 is 0. The second kappa shape index (κ2) is 3.37. The molecule has 14 heavy (non-hydrogen) atoms. The lowest BCUT2D eigenvalue weighted by Gasteiger charge is -2.41. The van der Waals surface area contributed by atoms with Crippen LogP contribution in [0.2, 0.25) is 0 Å². The van der Waals surface area contributed by atoms with Crippen LogP contribution in [0.5, 0.6) is 0 Å². The largest absolute Gasteiger partial charge is 0.388 e. The summed E-state index contributed by atoms with van der Waals surface area (Å²) in [5.74, 6) is 0. The standard InChI is InChI=1S/C12H17NO/c1-9-3-5-10(6-4-9)11(13)12(14)7-2-8-12/h3-6,11,14H,2,7-8,13H2,1H3. The Hall–Kier alpha value is -0.860. The highest BCUT2D eigenvalue weighted by molar-refractivity contribution is 5.26. The minimum Gasteiger partial charge on any atom is -0.388 e. The molecule has 1 aromatic rings. The van der Waals surface area contributed by atoms with E-state index in [0.29, 0.717) is 0 Å². The lowest BCUT2D eigenvalue weighted by molar-refractivity contribution is -0.0559. The zero-order valence-corrected chi connectivity index (χ0v) is 8.53. The van der Waals surface area contributed by atoms with E-state index >= 15 is 0 Å². The van der Waals surface area contributed by atoms with Gasteiger partial charge in [-0.3, -0.25) is 0 Å². The van der Waals surface area contributed by atoms with E-state index in [9.17, 15) is 5.11 Å². The molecule has 1 fully saturated rings. The van der Waals surface area contributed by atoms with Crippen molar-refractivity contribution in [3.05, 3.63) is 35.4 Å². The summed E-state index contributed by atoms with van der Waals surface area (Å²) in [5.41, 5.74) is 7.65. The van der Waals surface area contributed by atoms with E-state index < -0.39 is 5.60 Å². The molecule has 0 amide bonds. The smallest absolute Gasteiger partial charge is 0.0839 e. The van der Waals surface area contributed by atoms with Gasteiger partial charge in [0.1, 0.15) is 0 Å².